The van der Waals surface area contributed by atoms with Gasteiger partial charge in [-0.2, -0.15) is 5.10 Å². The van der Waals surface area contributed by atoms with Crippen LogP contribution in [0, 0.1) is 11.3 Å². The molecule has 3 rings (SSSR count). The van der Waals surface area contributed by atoms with Crippen LogP contribution in [-0.4, -0.2) is 35.6 Å². The molecule has 2 fully saturated rings. The van der Waals surface area contributed by atoms with Crippen molar-refractivity contribution in [3.05, 3.63) is 17.5 Å². The van der Waals surface area contributed by atoms with Crippen molar-refractivity contribution in [1.29, 1.82) is 0 Å². The summed E-state index contributed by atoms with van der Waals surface area (Å²) < 4.78 is 8.29. The fourth-order valence-corrected chi connectivity index (χ4v) is 4.91. The number of aryl methyl sites for hydroxylation is 1. The van der Waals surface area contributed by atoms with E-state index in [9.17, 15) is 0 Å². The van der Waals surface area contributed by atoms with Gasteiger partial charge in [0.25, 0.3) is 0 Å². The molecule has 1 saturated heterocycles. The highest BCUT2D eigenvalue weighted by atomic mass is 16.5. The number of hydrogen-bond donors (Lipinski definition) is 1. The molecule has 4 heteroatoms. The largest absolute Gasteiger partial charge is 0.374 e. The standard InChI is InChI=1S/C20H35N3O/c1-15(11-21-4)10-17-12-23(5)22-18(17)16-6-8-20(9-7-16)13-19(2,3)14-24-20/h12,15-16,21H,6-11,13-14H2,1-5H3. The monoisotopic (exact) mass is 333 g/mol. The van der Waals surface area contributed by atoms with Crippen molar-refractivity contribution in [2.45, 2.75) is 70.8 Å². The molecule has 1 aromatic rings. The third-order valence-corrected chi connectivity index (χ3v) is 5.91. The summed E-state index contributed by atoms with van der Waals surface area (Å²) in [6.07, 6.45) is 9.42. The Morgan fingerprint density at radius 3 is 2.67 bits per heavy atom. The number of nitrogens with one attached hydrogen (secondary N) is 1. The molecule has 1 aromatic heterocycles. The van der Waals surface area contributed by atoms with Gasteiger partial charge in [-0.25, -0.2) is 0 Å². The average molecular weight is 334 g/mol. The topological polar surface area (TPSA) is 39.1 Å². The van der Waals surface area contributed by atoms with Crippen LogP contribution in [0.25, 0.3) is 0 Å². The van der Waals surface area contributed by atoms with E-state index >= 15 is 0 Å². The predicted octanol–water partition coefficient (Wildman–Crippen LogP) is 3.66. The first-order chi connectivity index (χ1) is 11.3. The first kappa shape index (κ1) is 17.9. The number of aromatic nitrogens is 2. The molecule has 0 bridgehead atoms. The second-order valence-electron chi connectivity index (χ2n) is 9.17. The van der Waals surface area contributed by atoms with Crippen molar-refractivity contribution >= 4 is 0 Å². The Balaban J connectivity index is 1.66. The summed E-state index contributed by atoms with van der Waals surface area (Å²) in [6.45, 7) is 8.98. The summed E-state index contributed by atoms with van der Waals surface area (Å²) >= 11 is 0. The van der Waals surface area contributed by atoms with E-state index in [1.54, 1.807) is 0 Å². The van der Waals surface area contributed by atoms with Crippen LogP contribution in [0.2, 0.25) is 0 Å². The fourth-order valence-electron chi connectivity index (χ4n) is 4.91. The van der Waals surface area contributed by atoms with Crippen LogP contribution in [0.1, 0.15) is 70.1 Å². The van der Waals surface area contributed by atoms with Gasteiger partial charge < -0.3 is 10.1 Å². The van der Waals surface area contributed by atoms with E-state index in [0.717, 1.165) is 19.6 Å². The minimum atomic E-state index is 0.161. The third kappa shape index (κ3) is 3.85. The van der Waals surface area contributed by atoms with Gasteiger partial charge in [0.1, 0.15) is 0 Å². The van der Waals surface area contributed by atoms with E-state index < -0.39 is 0 Å². The average Bonchev–Trinajstić information content (AvgIpc) is 3.00. The van der Waals surface area contributed by atoms with Crippen LogP contribution in [-0.2, 0) is 18.2 Å². The minimum absolute atomic E-state index is 0.161. The highest BCUT2D eigenvalue weighted by Crippen LogP contribution is 2.49. The van der Waals surface area contributed by atoms with E-state index in [-0.39, 0.29) is 5.60 Å². The Hall–Kier alpha value is -0.870. The lowest BCUT2D eigenvalue weighted by Gasteiger charge is -2.37. The highest BCUT2D eigenvalue weighted by Gasteiger charge is 2.46. The zero-order valence-corrected chi connectivity index (χ0v) is 16.2. The van der Waals surface area contributed by atoms with Crippen LogP contribution in [0.5, 0.6) is 0 Å². The molecule has 1 atom stereocenters. The number of rotatable bonds is 5. The molecular formula is C20H35N3O. The third-order valence-electron chi connectivity index (χ3n) is 5.91. The van der Waals surface area contributed by atoms with Crippen LogP contribution < -0.4 is 5.32 Å². The van der Waals surface area contributed by atoms with E-state index in [0.29, 0.717) is 17.3 Å². The maximum Gasteiger partial charge on any atom is 0.0689 e. The van der Waals surface area contributed by atoms with Gasteiger partial charge in [0.15, 0.2) is 0 Å². The molecule has 136 valence electrons. The van der Waals surface area contributed by atoms with Crippen molar-refractivity contribution in [3.63, 3.8) is 0 Å². The smallest absolute Gasteiger partial charge is 0.0689 e. The Labute approximate surface area is 147 Å². The molecule has 2 aliphatic rings. The van der Waals surface area contributed by atoms with E-state index in [1.807, 2.05) is 11.7 Å². The van der Waals surface area contributed by atoms with Gasteiger partial charge in [0.2, 0.25) is 0 Å². The maximum atomic E-state index is 6.28. The first-order valence-electron chi connectivity index (χ1n) is 9.63. The van der Waals surface area contributed by atoms with Gasteiger partial charge in [0.05, 0.1) is 17.9 Å². The molecule has 1 aliphatic carbocycles. The zero-order chi connectivity index (χ0) is 17.4. The lowest BCUT2D eigenvalue weighted by molar-refractivity contribution is -0.0296. The molecule has 0 amide bonds. The molecule has 2 heterocycles. The van der Waals surface area contributed by atoms with Gasteiger partial charge in [-0.3, -0.25) is 4.68 Å². The van der Waals surface area contributed by atoms with E-state index in [1.165, 1.54) is 43.4 Å². The van der Waals surface area contributed by atoms with Crippen molar-refractivity contribution in [2.75, 3.05) is 20.2 Å². The maximum absolute atomic E-state index is 6.28. The molecule has 24 heavy (non-hydrogen) atoms. The van der Waals surface area contributed by atoms with Crippen LogP contribution in [0.15, 0.2) is 6.20 Å². The molecule has 4 nitrogen and oxygen atoms in total. The van der Waals surface area contributed by atoms with E-state index in [2.05, 4.69) is 39.3 Å². The highest BCUT2D eigenvalue weighted by molar-refractivity contribution is 5.23. The molecule has 0 aromatic carbocycles. The summed E-state index contributed by atoms with van der Waals surface area (Å²) in [7, 11) is 4.09. The second-order valence-corrected chi connectivity index (χ2v) is 9.17. The Kier molecular flexibility index (Phi) is 5.08. The summed E-state index contributed by atoms with van der Waals surface area (Å²) in [5.74, 6) is 1.26. The van der Waals surface area contributed by atoms with Crippen LogP contribution in [0.4, 0.5) is 0 Å². The molecular weight excluding hydrogens is 298 g/mol. The molecule has 1 spiro atoms. The molecule has 1 saturated carbocycles. The zero-order valence-electron chi connectivity index (χ0n) is 16.2. The Bertz CT molecular complexity index is 555. The fraction of sp³-hybridized carbons (Fsp3) is 0.850. The first-order valence-corrected chi connectivity index (χ1v) is 9.63. The second kappa shape index (κ2) is 6.80. The molecule has 0 radical (unpaired) electrons. The van der Waals surface area contributed by atoms with Crippen molar-refractivity contribution < 1.29 is 4.74 Å². The molecule has 1 aliphatic heterocycles. The van der Waals surface area contributed by atoms with Gasteiger partial charge in [-0.15, -0.1) is 0 Å². The summed E-state index contributed by atoms with van der Waals surface area (Å²) in [6, 6.07) is 0. The van der Waals surface area contributed by atoms with Crippen molar-refractivity contribution in [2.24, 2.45) is 18.4 Å². The van der Waals surface area contributed by atoms with E-state index in [4.69, 9.17) is 9.84 Å². The van der Waals surface area contributed by atoms with Gasteiger partial charge >= 0.3 is 0 Å². The summed E-state index contributed by atoms with van der Waals surface area (Å²) in [5.41, 5.74) is 3.32. The Morgan fingerprint density at radius 2 is 2.08 bits per heavy atom. The van der Waals surface area contributed by atoms with Crippen molar-refractivity contribution in [3.8, 4) is 0 Å². The molecule has 1 N–H and O–H groups in total. The van der Waals surface area contributed by atoms with Gasteiger partial charge in [0, 0.05) is 19.2 Å². The van der Waals surface area contributed by atoms with Crippen LogP contribution in [0.3, 0.4) is 0 Å². The van der Waals surface area contributed by atoms with Crippen LogP contribution >= 0.6 is 0 Å². The quantitative estimate of drug-likeness (QED) is 0.894. The number of hydrogen-bond acceptors (Lipinski definition) is 3. The SMILES string of the molecule is CNCC(C)Cc1cn(C)nc1C1CCC2(CC1)CC(C)(C)CO2. The van der Waals surface area contributed by atoms with Crippen molar-refractivity contribution in [1.82, 2.24) is 15.1 Å². The lowest BCUT2D eigenvalue weighted by atomic mass is 9.72. The predicted molar refractivity (Wildman–Crippen MR) is 98.3 cm³/mol. The van der Waals surface area contributed by atoms with Gasteiger partial charge in [-0.1, -0.05) is 20.8 Å². The van der Waals surface area contributed by atoms with Gasteiger partial charge in [-0.05, 0) is 69.0 Å². The number of nitrogens with zero attached hydrogens (tertiary/aromatic N) is 2. The minimum Gasteiger partial charge on any atom is -0.374 e. The lowest BCUT2D eigenvalue weighted by Crippen LogP contribution is -2.33. The Morgan fingerprint density at radius 1 is 1.38 bits per heavy atom. The summed E-state index contributed by atoms with van der Waals surface area (Å²) in [4.78, 5) is 0. The molecule has 1 unspecified atom stereocenters. The number of ether oxygens (including phenoxy) is 1. The normalized spacial score (nSPS) is 30.8. The summed E-state index contributed by atoms with van der Waals surface area (Å²) in [5, 5.41) is 8.14.